The number of anilines is 1. The number of nitrogens with one attached hydrogen (secondary N) is 2. The van der Waals surface area contributed by atoms with Crippen molar-refractivity contribution in [1.82, 2.24) is 20.1 Å². The number of nitro groups is 1. The van der Waals surface area contributed by atoms with E-state index in [4.69, 9.17) is 0 Å². The Morgan fingerprint density at radius 1 is 1.10 bits per heavy atom. The molecule has 2 N–H and O–H groups in total. The molecule has 1 aromatic heterocycles. The van der Waals surface area contributed by atoms with E-state index in [1.54, 1.807) is 18.2 Å². The maximum atomic E-state index is 12.0. The topological polar surface area (TPSA) is 132 Å². The lowest BCUT2D eigenvalue weighted by atomic mass is 10.2. The maximum Gasteiger partial charge on any atom is 0.269 e. The normalized spacial score (nSPS) is 10.4. The van der Waals surface area contributed by atoms with Crippen LogP contribution in [0.2, 0.25) is 0 Å². The number of carbonyl (C=O) groups is 2. The average Bonchev–Trinajstić information content (AvgIpc) is 3.16. The molecule has 0 saturated carbocycles. The smallest absolute Gasteiger partial charge is 0.269 e. The lowest BCUT2D eigenvalue weighted by Gasteiger charge is -2.08. The van der Waals surface area contributed by atoms with Crippen molar-refractivity contribution in [3.8, 4) is 11.4 Å². The van der Waals surface area contributed by atoms with Gasteiger partial charge in [0, 0.05) is 22.2 Å². The fourth-order valence-electron chi connectivity index (χ4n) is 2.37. The quantitative estimate of drug-likeness (QED) is 0.412. The minimum absolute atomic E-state index is 0.0339. The molecule has 3 rings (SSSR count). The molecule has 0 aliphatic rings. The number of non-ortho nitro benzene ring substituents is 1. The summed E-state index contributed by atoms with van der Waals surface area (Å²) in [6, 6.07) is 12.9. The van der Waals surface area contributed by atoms with Gasteiger partial charge in [0.05, 0.1) is 17.2 Å². The van der Waals surface area contributed by atoms with E-state index < -0.39 is 10.8 Å². The number of benzene rings is 2. The summed E-state index contributed by atoms with van der Waals surface area (Å²) in [7, 11) is 0. The Kier molecular flexibility index (Phi) is 6.29. The number of carbonyl (C=O) groups excluding carboxylic acids is 2. The molecule has 0 aliphatic heterocycles. The maximum absolute atomic E-state index is 12.0. The highest BCUT2D eigenvalue weighted by Gasteiger charge is 2.11. The Labute approximate surface area is 173 Å². The molecule has 11 heteroatoms. The average molecular weight is 459 g/mol. The van der Waals surface area contributed by atoms with Crippen LogP contribution in [0.4, 0.5) is 11.4 Å². The van der Waals surface area contributed by atoms with E-state index in [1.807, 2.05) is 6.07 Å². The second kappa shape index (κ2) is 9.06. The van der Waals surface area contributed by atoms with Crippen molar-refractivity contribution in [3.05, 3.63) is 69.4 Å². The first kappa shape index (κ1) is 20.1. The van der Waals surface area contributed by atoms with Gasteiger partial charge in [-0.05, 0) is 40.2 Å². The van der Waals surface area contributed by atoms with Gasteiger partial charge in [0.2, 0.25) is 11.8 Å². The third-order valence-corrected chi connectivity index (χ3v) is 4.46. The van der Waals surface area contributed by atoms with Gasteiger partial charge in [-0.2, -0.15) is 5.10 Å². The number of amides is 2. The molecule has 0 unspecified atom stereocenters. The van der Waals surface area contributed by atoms with Crippen LogP contribution in [0.3, 0.4) is 0 Å². The fraction of sp³-hybridized carbons (Fsp3) is 0.111. The van der Waals surface area contributed by atoms with Gasteiger partial charge in [-0.25, -0.2) is 9.67 Å². The van der Waals surface area contributed by atoms with Crippen molar-refractivity contribution >= 4 is 39.1 Å². The summed E-state index contributed by atoms with van der Waals surface area (Å²) in [5.74, 6) is -0.442. The van der Waals surface area contributed by atoms with Gasteiger partial charge in [-0.3, -0.25) is 19.7 Å². The first-order chi connectivity index (χ1) is 13.9. The van der Waals surface area contributed by atoms with Crippen LogP contribution >= 0.6 is 15.9 Å². The monoisotopic (exact) mass is 458 g/mol. The van der Waals surface area contributed by atoms with Gasteiger partial charge >= 0.3 is 0 Å². The molecule has 0 spiro atoms. The van der Waals surface area contributed by atoms with Crippen LogP contribution in [0.5, 0.6) is 0 Å². The minimum atomic E-state index is -0.493. The molecule has 148 valence electrons. The highest BCUT2D eigenvalue weighted by atomic mass is 79.9. The molecule has 0 aliphatic carbocycles. The van der Waals surface area contributed by atoms with Gasteiger partial charge in [0.25, 0.3) is 5.69 Å². The van der Waals surface area contributed by atoms with Crippen molar-refractivity contribution in [3.63, 3.8) is 0 Å². The molecular formula is C18H15BrN6O4. The summed E-state index contributed by atoms with van der Waals surface area (Å²) in [5.41, 5.74) is 1.16. The molecule has 0 bridgehead atoms. The highest BCUT2D eigenvalue weighted by molar-refractivity contribution is 9.10. The van der Waals surface area contributed by atoms with Crippen LogP contribution in [-0.2, 0) is 16.1 Å². The molecule has 29 heavy (non-hydrogen) atoms. The van der Waals surface area contributed by atoms with Crippen LogP contribution in [0, 0.1) is 10.1 Å². The summed E-state index contributed by atoms with van der Waals surface area (Å²) in [4.78, 5) is 38.3. The van der Waals surface area contributed by atoms with Crippen LogP contribution < -0.4 is 10.6 Å². The van der Waals surface area contributed by atoms with Crippen LogP contribution in [0.15, 0.2) is 59.3 Å². The molecule has 2 aromatic carbocycles. The summed E-state index contributed by atoms with van der Waals surface area (Å²) >= 11 is 3.33. The zero-order valence-corrected chi connectivity index (χ0v) is 16.5. The fourth-order valence-corrected chi connectivity index (χ4v) is 2.76. The van der Waals surface area contributed by atoms with E-state index in [0.29, 0.717) is 17.1 Å². The van der Waals surface area contributed by atoms with Crippen LogP contribution in [0.1, 0.15) is 0 Å². The predicted octanol–water partition coefficient (Wildman–Crippen LogP) is 2.37. The van der Waals surface area contributed by atoms with Crippen molar-refractivity contribution < 1.29 is 14.5 Å². The molecule has 0 atom stereocenters. The van der Waals surface area contributed by atoms with Crippen LogP contribution in [0.25, 0.3) is 11.4 Å². The van der Waals surface area contributed by atoms with Gasteiger partial charge in [-0.15, -0.1) is 0 Å². The number of nitro benzene ring substituents is 1. The first-order valence-corrected chi connectivity index (χ1v) is 9.17. The van der Waals surface area contributed by atoms with Gasteiger partial charge in [0.15, 0.2) is 5.82 Å². The van der Waals surface area contributed by atoms with Gasteiger partial charge < -0.3 is 10.6 Å². The van der Waals surface area contributed by atoms with Crippen molar-refractivity contribution in [2.75, 3.05) is 11.9 Å². The summed E-state index contributed by atoms with van der Waals surface area (Å²) in [6.45, 7) is -0.313. The third-order valence-electron chi connectivity index (χ3n) is 3.77. The molecule has 1 heterocycles. The third kappa shape index (κ3) is 5.45. The minimum Gasteiger partial charge on any atom is -0.345 e. The van der Waals surface area contributed by atoms with E-state index >= 15 is 0 Å². The first-order valence-electron chi connectivity index (χ1n) is 8.38. The molecule has 0 radical (unpaired) electrons. The van der Waals surface area contributed by atoms with E-state index in [-0.39, 0.29) is 24.7 Å². The number of hydrogen-bond acceptors (Lipinski definition) is 6. The lowest BCUT2D eigenvalue weighted by molar-refractivity contribution is -0.384. The number of halogens is 1. The Hall–Kier alpha value is -3.60. The van der Waals surface area contributed by atoms with E-state index in [0.717, 1.165) is 4.47 Å². The predicted molar refractivity (Wildman–Crippen MR) is 108 cm³/mol. The Bertz CT molecular complexity index is 1050. The van der Waals surface area contributed by atoms with Gasteiger partial charge in [-0.1, -0.05) is 12.1 Å². The molecule has 3 aromatic rings. The molecule has 2 amide bonds. The van der Waals surface area contributed by atoms with Crippen LogP contribution in [-0.4, -0.2) is 38.0 Å². The summed E-state index contributed by atoms with van der Waals surface area (Å²) in [5, 5.41) is 20.1. The Morgan fingerprint density at radius 3 is 2.52 bits per heavy atom. The number of nitrogens with zero attached hydrogens (tertiary/aromatic N) is 4. The molecule has 10 nitrogen and oxygen atoms in total. The summed E-state index contributed by atoms with van der Waals surface area (Å²) < 4.78 is 2.05. The SMILES string of the molecule is O=C(Cn1cnc(-c2ccc([N+](=O)[O-])cc2)n1)NCC(=O)Nc1ccccc1Br. The molecular weight excluding hydrogens is 444 g/mol. The Morgan fingerprint density at radius 2 is 1.83 bits per heavy atom. The van der Waals surface area contributed by atoms with E-state index in [2.05, 4.69) is 36.6 Å². The van der Waals surface area contributed by atoms with E-state index in [9.17, 15) is 19.7 Å². The molecule has 0 saturated heterocycles. The number of hydrogen-bond donors (Lipinski definition) is 2. The highest BCUT2D eigenvalue weighted by Crippen LogP contribution is 2.21. The Balaban J connectivity index is 1.51. The number of para-hydroxylation sites is 1. The van der Waals surface area contributed by atoms with Crippen molar-refractivity contribution in [1.29, 1.82) is 0 Å². The van der Waals surface area contributed by atoms with Crippen molar-refractivity contribution in [2.24, 2.45) is 0 Å². The standard InChI is InChI=1S/C18H15BrN6O4/c19-14-3-1-2-4-15(14)22-16(26)9-20-17(27)10-24-11-21-18(23-24)12-5-7-13(8-6-12)25(28)29/h1-8,11H,9-10H2,(H,20,27)(H,22,26). The molecule has 0 fully saturated rings. The second-order valence-corrected chi connectivity index (χ2v) is 6.73. The zero-order chi connectivity index (χ0) is 20.8. The number of aromatic nitrogens is 3. The van der Waals surface area contributed by atoms with E-state index in [1.165, 1.54) is 35.3 Å². The van der Waals surface area contributed by atoms with Gasteiger partial charge in [0.1, 0.15) is 12.9 Å². The second-order valence-electron chi connectivity index (χ2n) is 5.87. The zero-order valence-electron chi connectivity index (χ0n) is 14.9. The largest absolute Gasteiger partial charge is 0.345 e. The summed E-state index contributed by atoms with van der Waals surface area (Å²) in [6.07, 6.45) is 1.37. The lowest BCUT2D eigenvalue weighted by Crippen LogP contribution is -2.35. The van der Waals surface area contributed by atoms with Crippen molar-refractivity contribution in [2.45, 2.75) is 6.54 Å². The number of rotatable bonds is 7.